The lowest BCUT2D eigenvalue weighted by Crippen LogP contribution is -2.04. The fourth-order valence-corrected chi connectivity index (χ4v) is 2.04. The van der Waals surface area contributed by atoms with Crippen molar-refractivity contribution in [1.82, 2.24) is 4.98 Å². The first-order valence-electron chi connectivity index (χ1n) is 5.91. The molecule has 3 nitrogen and oxygen atoms in total. The van der Waals surface area contributed by atoms with Gasteiger partial charge in [-0.2, -0.15) is 0 Å². The molecule has 2 rings (SSSR count). The number of rotatable bonds is 5. The van der Waals surface area contributed by atoms with Crippen LogP contribution in [0.3, 0.4) is 0 Å². The predicted molar refractivity (Wildman–Crippen MR) is 69.6 cm³/mol. The summed E-state index contributed by atoms with van der Waals surface area (Å²) >= 11 is 0. The summed E-state index contributed by atoms with van der Waals surface area (Å²) in [5, 5.41) is 9.18. The number of aromatic nitrogens is 1. The maximum absolute atomic E-state index is 10.6. The van der Waals surface area contributed by atoms with E-state index in [1.54, 1.807) is 18.3 Å². The van der Waals surface area contributed by atoms with Gasteiger partial charge in [-0.05, 0) is 23.6 Å². The summed E-state index contributed by atoms with van der Waals surface area (Å²) < 4.78 is 0. The van der Waals surface area contributed by atoms with Gasteiger partial charge in [-0.15, -0.1) is 0 Å². The number of pyridine rings is 1. The second-order valence-electron chi connectivity index (χ2n) is 4.14. The van der Waals surface area contributed by atoms with Gasteiger partial charge < -0.3 is 5.11 Å². The maximum Gasteiger partial charge on any atom is 0.150 e. The Morgan fingerprint density at radius 3 is 2.50 bits per heavy atom. The van der Waals surface area contributed by atoms with Gasteiger partial charge in [-0.1, -0.05) is 30.3 Å². The average molecular weight is 241 g/mol. The van der Waals surface area contributed by atoms with Crippen LogP contribution in [0.15, 0.2) is 48.8 Å². The van der Waals surface area contributed by atoms with Crippen molar-refractivity contribution >= 4 is 6.29 Å². The number of aliphatic hydroxyl groups excluding tert-OH is 1. The Kier molecular flexibility index (Phi) is 4.20. The third kappa shape index (κ3) is 2.81. The Morgan fingerprint density at radius 2 is 1.94 bits per heavy atom. The molecule has 1 N–H and O–H groups in total. The van der Waals surface area contributed by atoms with Gasteiger partial charge in [0.05, 0.1) is 0 Å². The van der Waals surface area contributed by atoms with Gasteiger partial charge in [-0.25, -0.2) is 0 Å². The van der Waals surface area contributed by atoms with Gasteiger partial charge in [0.15, 0.2) is 0 Å². The zero-order valence-corrected chi connectivity index (χ0v) is 9.99. The molecule has 0 aliphatic rings. The van der Waals surface area contributed by atoms with Crippen molar-refractivity contribution in [3.8, 4) is 0 Å². The summed E-state index contributed by atoms with van der Waals surface area (Å²) in [6.07, 6.45) is 5.02. The molecular formula is C15H15NO2. The summed E-state index contributed by atoms with van der Waals surface area (Å²) in [4.78, 5) is 14.7. The first kappa shape index (κ1) is 12.5. The number of hydrogen-bond donors (Lipinski definition) is 1. The van der Waals surface area contributed by atoms with E-state index in [0.29, 0.717) is 12.0 Å². The summed E-state index contributed by atoms with van der Waals surface area (Å²) in [7, 11) is 0. The van der Waals surface area contributed by atoms with Crippen LogP contribution in [0.25, 0.3) is 0 Å². The monoisotopic (exact) mass is 241 g/mol. The lowest BCUT2D eigenvalue weighted by Gasteiger charge is -2.16. The number of benzene rings is 1. The highest BCUT2D eigenvalue weighted by atomic mass is 16.3. The van der Waals surface area contributed by atoms with Crippen LogP contribution in [-0.2, 0) is 0 Å². The smallest absolute Gasteiger partial charge is 0.150 e. The Labute approximate surface area is 106 Å². The second kappa shape index (κ2) is 6.07. The number of carbonyl (C=O) groups excluding carboxylic acids is 1. The van der Waals surface area contributed by atoms with Crippen LogP contribution in [0.4, 0.5) is 0 Å². The third-order valence-corrected chi connectivity index (χ3v) is 2.98. The first-order chi connectivity index (χ1) is 8.85. The van der Waals surface area contributed by atoms with Crippen molar-refractivity contribution in [1.29, 1.82) is 0 Å². The van der Waals surface area contributed by atoms with E-state index in [4.69, 9.17) is 0 Å². The van der Waals surface area contributed by atoms with Crippen molar-refractivity contribution in [2.75, 3.05) is 6.61 Å². The van der Waals surface area contributed by atoms with E-state index in [1.807, 2.05) is 30.5 Å². The molecule has 3 heteroatoms. The molecule has 92 valence electrons. The quantitative estimate of drug-likeness (QED) is 0.818. The maximum atomic E-state index is 10.6. The van der Waals surface area contributed by atoms with E-state index in [9.17, 15) is 9.90 Å². The fraction of sp³-hybridized carbons (Fsp3) is 0.200. The molecule has 1 atom stereocenters. The normalized spacial score (nSPS) is 12.1. The Bertz CT molecular complexity index is 494. The van der Waals surface area contributed by atoms with Crippen molar-refractivity contribution in [2.24, 2.45) is 0 Å². The zero-order valence-electron chi connectivity index (χ0n) is 9.99. The lowest BCUT2D eigenvalue weighted by atomic mass is 9.89. The van der Waals surface area contributed by atoms with Crippen LogP contribution in [0, 0.1) is 0 Å². The van der Waals surface area contributed by atoms with E-state index < -0.39 is 0 Å². The van der Waals surface area contributed by atoms with Crippen LogP contribution in [-0.4, -0.2) is 23.0 Å². The first-order valence-corrected chi connectivity index (χ1v) is 5.91. The lowest BCUT2D eigenvalue weighted by molar-refractivity contribution is 0.112. The minimum Gasteiger partial charge on any atom is -0.396 e. The van der Waals surface area contributed by atoms with Crippen LogP contribution in [0.2, 0.25) is 0 Å². The predicted octanol–water partition coefficient (Wildman–Crippen LogP) is 2.41. The van der Waals surface area contributed by atoms with Crippen molar-refractivity contribution in [3.05, 3.63) is 65.5 Å². The Morgan fingerprint density at radius 1 is 1.17 bits per heavy atom. The molecule has 0 bridgehead atoms. The highest BCUT2D eigenvalue weighted by Gasteiger charge is 2.13. The van der Waals surface area contributed by atoms with E-state index in [2.05, 4.69) is 4.98 Å². The number of hydrogen-bond acceptors (Lipinski definition) is 3. The SMILES string of the molecule is O=Cc1ccc(C(CCO)c2cccnc2)cc1. The summed E-state index contributed by atoms with van der Waals surface area (Å²) in [5.41, 5.74) is 2.82. The van der Waals surface area contributed by atoms with Gasteiger partial charge in [0.1, 0.15) is 6.29 Å². The molecule has 0 saturated heterocycles. The van der Waals surface area contributed by atoms with Gasteiger partial charge in [0.2, 0.25) is 0 Å². The molecule has 0 aliphatic carbocycles. The van der Waals surface area contributed by atoms with E-state index in [1.165, 1.54) is 0 Å². The molecule has 0 fully saturated rings. The molecule has 0 radical (unpaired) electrons. The highest BCUT2D eigenvalue weighted by molar-refractivity contribution is 5.74. The van der Waals surface area contributed by atoms with Crippen molar-refractivity contribution in [2.45, 2.75) is 12.3 Å². The van der Waals surface area contributed by atoms with Crippen LogP contribution in [0.5, 0.6) is 0 Å². The number of aldehydes is 1. The van der Waals surface area contributed by atoms with Gasteiger partial charge in [0, 0.05) is 30.5 Å². The molecule has 1 aromatic carbocycles. The fourth-order valence-electron chi connectivity index (χ4n) is 2.04. The molecule has 0 spiro atoms. The molecule has 0 saturated carbocycles. The minimum atomic E-state index is 0.115. The van der Waals surface area contributed by atoms with E-state index in [-0.39, 0.29) is 12.5 Å². The van der Waals surface area contributed by atoms with Gasteiger partial charge in [-0.3, -0.25) is 9.78 Å². The molecule has 1 heterocycles. The summed E-state index contributed by atoms with van der Waals surface area (Å²) in [6, 6.07) is 11.3. The average Bonchev–Trinajstić information content (AvgIpc) is 2.46. The van der Waals surface area contributed by atoms with Gasteiger partial charge >= 0.3 is 0 Å². The number of aliphatic hydroxyl groups is 1. The van der Waals surface area contributed by atoms with E-state index >= 15 is 0 Å². The minimum absolute atomic E-state index is 0.115. The topological polar surface area (TPSA) is 50.2 Å². The van der Waals surface area contributed by atoms with Crippen LogP contribution in [0.1, 0.15) is 33.8 Å². The largest absolute Gasteiger partial charge is 0.396 e. The zero-order chi connectivity index (χ0) is 12.8. The molecule has 2 aromatic rings. The molecule has 1 aromatic heterocycles. The molecule has 0 aliphatic heterocycles. The summed E-state index contributed by atoms with van der Waals surface area (Å²) in [5.74, 6) is 0.115. The molecular weight excluding hydrogens is 226 g/mol. The summed E-state index contributed by atoms with van der Waals surface area (Å²) in [6.45, 7) is 0.120. The molecule has 18 heavy (non-hydrogen) atoms. The van der Waals surface area contributed by atoms with Crippen LogP contribution >= 0.6 is 0 Å². The van der Waals surface area contributed by atoms with E-state index in [0.717, 1.165) is 17.4 Å². The standard InChI is InChI=1S/C15H15NO2/c17-9-7-15(14-2-1-8-16-10-14)13-5-3-12(11-18)4-6-13/h1-6,8,10-11,15,17H,7,9H2. The third-order valence-electron chi connectivity index (χ3n) is 2.98. The van der Waals surface area contributed by atoms with Crippen molar-refractivity contribution < 1.29 is 9.90 Å². The highest BCUT2D eigenvalue weighted by Crippen LogP contribution is 2.27. The van der Waals surface area contributed by atoms with Crippen LogP contribution < -0.4 is 0 Å². The Balaban J connectivity index is 2.32. The molecule has 0 amide bonds. The van der Waals surface area contributed by atoms with Crippen molar-refractivity contribution in [3.63, 3.8) is 0 Å². The Hall–Kier alpha value is -2.00. The number of carbonyl (C=O) groups is 1. The second-order valence-corrected chi connectivity index (χ2v) is 4.14. The number of nitrogens with zero attached hydrogens (tertiary/aromatic N) is 1. The molecule has 1 unspecified atom stereocenters. The van der Waals surface area contributed by atoms with Gasteiger partial charge in [0.25, 0.3) is 0 Å².